The summed E-state index contributed by atoms with van der Waals surface area (Å²) in [4.78, 5) is 4.51. The zero-order chi connectivity index (χ0) is 16.5. The van der Waals surface area contributed by atoms with Crippen molar-refractivity contribution in [1.29, 1.82) is 0 Å². The Balaban J connectivity index is 2.42. The van der Waals surface area contributed by atoms with Gasteiger partial charge >= 0.3 is 0 Å². The number of benzene rings is 1. The van der Waals surface area contributed by atoms with Crippen molar-refractivity contribution in [3.05, 3.63) is 34.9 Å². The number of rotatable bonds is 4. The van der Waals surface area contributed by atoms with Crippen molar-refractivity contribution in [2.45, 2.75) is 38.5 Å². The predicted molar refractivity (Wildman–Crippen MR) is 92.8 cm³/mol. The first-order valence-corrected chi connectivity index (χ1v) is 8.57. The first-order valence-electron chi connectivity index (χ1n) is 7.04. The number of hydrogen-bond donors (Lipinski definition) is 1. The van der Waals surface area contributed by atoms with E-state index in [1.54, 1.807) is 13.2 Å². The van der Waals surface area contributed by atoms with E-state index in [1.165, 1.54) is 0 Å². The van der Waals surface area contributed by atoms with Crippen LogP contribution in [0, 0.1) is 0 Å². The van der Waals surface area contributed by atoms with Gasteiger partial charge in [0.25, 0.3) is 0 Å². The van der Waals surface area contributed by atoms with Gasteiger partial charge in [0.15, 0.2) is 0 Å². The maximum Gasteiger partial charge on any atom is 0.218 e. The van der Waals surface area contributed by atoms with E-state index in [4.69, 9.17) is 16.3 Å². The molecule has 2 rings (SSSR count). The van der Waals surface area contributed by atoms with Gasteiger partial charge < -0.3 is 4.74 Å². The Hall–Kier alpha value is -1.17. The minimum Gasteiger partial charge on any atom is -0.481 e. The topological polar surface area (TPSA) is 51.2 Å². The summed E-state index contributed by atoms with van der Waals surface area (Å²) in [6.07, 6.45) is 0. The molecular weight excluding hydrogens is 320 g/mol. The van der Waals surface area contributed by atoms with E-state index >= 15 is 0 Å². The molecule has 2 atom stereocenters. The molecule has 0 aliphatic carbocycles. The van der Waals surface area contributed by atoms with E-state index in [2.05, 4.69) is 9.71 Å². The zero-order valence-electron chi connectivity index (χ0n) is 13.4. The summed E-state index contributed by atoms with van der Waals surface area (Å²) in [6.45, 7) is 7.73. The Morgan fingerprint density at radius 2 is 2.00 bits per heavy atom. The summed E-state index contributed by atoms with van der Waals surface area (Å²) in [7, 11) is 0.409. The Bertz CT molecular complexity index is 713. The molecule has 0 saturated carbocycles. The second-order valence-electron chi connectivity index (χ2n) is 6.14. The van der Waals surface area contributed by atoms with E-state index in [0.29, 0.717) is 10.9 Å². The predicted octanol–water partition coefficient (Wildman–Crippen LogP) is 4.01. The van der Waals surface area contributed by atoms with Crippen LogP contribution in [-0.2, 0) is 11.0 Å². The third-order valence-corrected chi connectivity index (χ3v) is 5.18. The quantitative estimate of drug-likeness (QED) is 0.914. The monoisotopic (exact) mass is 340 g/mol. The van der Waals surface area contributed by atoms with Gasteiger partial charge in [0.05, 0.1) is 28.4 Å². The lowest BCUT2D eigenvalue weighted by Gasteiger charge is -2.23. The van der Waals surface area contributed by atoms with Gasteiger partial charge in [-0.3, -0.25) is 0 Å². The lowest BCUT2D eigenvalue weighted by molar-refractivity contribution is 0.390. The molecule has 0 amide bonds. The van der Waals surface area contributed by atoms with Crippen molar-refractivity contribution in [2.75, 3.05) is 7.11 Å². The fourth-order valence-electron chi connectivity index (χ4n) is 2.02. The molecule has 0 radical (unpaired) electrons. The van der Waals surface area contributed by atoms with Crippen molar-refractivity contribution in [1.82, 2.24) is 9.71 Å². The average Bonchev–Trinajstić information content (AvgIpc) is 2.44. The first kappa shape index (κ1) is 17.2. The molecule has 120 valence electrons. The molecule has 0 aliphatic heterocycles. The number of aromatic nitrogens is 1. The van der Waals surface area contributed by atoms with Crippen LogP contribution in [0.2, 0.25) is 5.02 Å². The molecule has 0 saturated heterocycles. The number of hydrogen-bond acceptors (Lipinski definition) is 3. The Kier molecular flexibility index (Phi) is 5.10. The summed E-state index contributed by atoms with van der Waals surface area (Å²) in [5.41, 5.74) is 1.67. The number of ether oxygens (including phenoxy) is 1. The number of methoxy groups -OCH3 is 1. The third-order valence-electron chi connectivity index (χ3n) is 3.27. The molecule has 6 heteroatoms. The number of fused-ring (bicyclic) bond motifs is 1. The Labute approximate surface area is 138 Å². The van der Waals surface area contributed by atoms with Crippen molar-refractivity contribution in [2.24, 2.45) is 0 Å². The van der Waals surface area contributed by atoms with Gasteiger partial charge in [0.1, 0.15) is 0 Å². The summed E-state index contributed by atoms with van der Waals surface area (Å²) in [5.74, 6) is 0.528. The Morgan fingerprint density at radius 3 is 2.59 bits per heavy atom. The highest BCUT2D eigenvalue weighted by Crippen LogP contribution is 2.29. The van der Waals surface area contributed by atoms with Crippen LogP contribution in [-0.4, -0.2) is 21.0 Å². The molecule has 0 aliphatic rings. The minimum absolute atomic E-state index is 0.161. The molecule has 0 bridgehead atoms. The van der Waals surface area contributed by atoms with Crippen LogP contribution in [0.4, 0.5) is 0 Å². The SMILES string of the molecule is COc1nc2ccc(Cl)cc2cc1[C@@H](C)NS(=O)C(C)(C)C. The van der Waals surface area contributed by atoms with Crippen molar-refractivity contribution in [3.8, 4) is 5.88 Å². The summed E-state index contributed by atoms with van der Waals surface area (Å²) >= 11 is 6.05. The van der Waals surface area contributed by atoms with Crippen molar-refractivity contribution >= 4 is 33.5 Å². The van der Waals surface area contributed by atoms with Crippen LogP contribution in [0.15, 0.2) is 24.3 Å². The molecule has 4 nitrogen and oxygen atoms in total. The molecular formula is C16H21ClN2O2S. The highest BCUT2D eigenvalue weighted by molar-refractivity contribution is 7.84. The van der Waals surface area contributed by atoms with Crippen LogP contribution in [0.5, 0.6) is 5.88 Å². The van der Waals surface area contributed by atoms with E-state index in [1.807, 2.05) is 45.9 Å². The fraction of sp³-hybridized carbons (Fsp3) is 0.438. The van der Waals surface area contributed by atoms with Crippen LogP contribution >= 0.6 is 11.6 Å². The highest BCUT2D eigenvalue weighted by Gasteiger charge is 2.23. The summed E-state index contributed by atoms with van der Waals surface area (Å²) in [6, 6.07) is 7.33. The van der Waals surface area contributed by atoms with Gasteiger partial charge in [-0.25, -0.2) is 13.9 Å². The fourth-order valence-corrected chi connectivity index (χ4v) is 3.00. The lowest BCUT2D eigenvalue weighted by Crippen LogP contribution is -2.35. The van der Waals surface area contributed by atoms with Crippen LogP contribution in [0.3, 0.4) is 0 Å². The molecule has 1 N–H and O–H groups in total. The van der Waals surface area contributed by atoms with Gasteiger partial charge in [-0.15, -0.1) is 0 Å². The maximum atomic E-state index is 12.3. The van der Waals surface area contributed by atoms with E-state index in [9.17, 15) is 4.21 Å². The highest BCUT2D eigenvalue weighted by atomic mass is 35.5. The van der Waals surface area contributed by atoms with Gasteiger partial charge in [-0.2, -0.15) is 0 Å². The van der Waals surface area contributed by atoms with E-state index in [-0.39, 0.29) is 10.8 Å². The van der Waals surface area contributed by atoms with Crippen LogP contribution < -0.4 is 9.46 Å². The zero-order valence-corrected chi connectivity index (χ0v) is 15.0. The maximum absolute atomic E-state index is 12.3. The first-order chi connectivity index (χ1) is 10.2. The second-order valence-corrected chi connectivity index (χ2v) is 8.58. The molecule has 1 unspecified atom stereocenters. The largest absolute Gasteiger partial charge is 0.481 e. The van der Waals surface area contributed by atoms with Gasteiger partial charge in [-0.1, -0.05) is 11.6 Å². The number of halogens is 1. The lowest BCUT2D eigenvalue weighted by atomic mass is 10.1. The second kappa shape index (κ2) is 6.52. The summed E-state index contributed by atoms with van der Waals surface area (Å²) in [5, 5.41) is 1.59. The molecule has 1 aromatic heterocycles. The van der Waals surface area contributed by atoms with Crippen molar-refractivity contribution < 1.29 is 8.95 Å². The molecule has 0 spiro atoms. The molecule has 0 fully saturated rings. The molecule has 1 aromatic carbocycles. The molecule has 2 aromatic rings. The third kappa shape index (κ3) is 3.77. The average molecular weight is 341 g/mol. The standard InChI is InChI=1S/C16H21ClN2O2S/c1-10(19-22(20)16(2,3)4)13-9-11-8-12(17)6-7-14(11)18-15(13)21-5/h6-10,19H,1-5H3/t10-,22?/m1/s1. The van der Waals surface area contributed by atoms with Gasteiger partial charge in [-0.05, 0) is 52.0 Å². The Morgan fingerprint density at radius 1 is 1.32 bits per heavy atom. The number of nitrogens with zero attached hydrogens (tertiary/aromatic N) is 1. The minimum atomic E-state index is -1.18. The van der Waals surface area contributed by atoms with Gasteiger partial charge in [0.2, 0.25) is 5.88 Å². The molecule has 1 heterocycles. The number of nitrogens with one attached hydrogen (secondary N) is 1. The molecule has 22 heavy (non-hydrogen) atoms. The van der Waals surface area contributed by atoms with Crippen LogP contribution in [0.1, 0.15) is 39.3 Å². The van der Waals surface area contributed by atoms with E-state index in [0.717, 1.165) is 16.5 Å². The van der Waals surface area contributed by atoms with Crippen LogP contribution in [0.25, 0.3) is 10.9 Å². The normalized spacial score (nSPS) is 14.8. The number of pyridine rings is 1. The van der Waals surface area contributed by atoms with Crippen molar-refractivity contribution in [3.63, 3.8) is 0 Å². The van der Waals surface area contributed by atoms with Gasteiger partial charge in [0, 0.05) is 22.0 Å². The van der Waals surface area contributed by atoms with E-state index < -0.39 is 11.0 Å². The smallest absolute Gasteiger partial charge is 0.218 e. The summed E-state index contributed by atoms with van der Waals surface area (Å²) < 4.78 is 20.4.